The van der Waals surface area contributed by atoms with E-state index in [1.54, 1.807) is 11.1 Å². The van der Waals surface area contributed by atoms with Gasteiger partial charge in [-0.15, -0.1) is 0 Å². The topological polar surface area (TPSA) is 3.24 Å². The highest BCUT2D eigenvalue weighted by molar-refractivity contribution is 5.80. The van der Waals surface area contributed by atoms with Gasteiger partial charge in [-0.1, -0.05) is 66.7 Å². The van der Waals surface area contributed by atoms with Crippen molar-refractivity contribution in [3.8, 4) is 11.1 Å². The SMILES string of the molecule is c1ccc(N(c2ccccc2)c2cccc(-c3ccc4c(c3)C3CC5CC(CC4C5)C3)c2)cc1. The summed E-state index contributed by atoms with van der Waals surface area (Å²) in [6, 6.07) is 37.9. The third-order valence-corrected chi connectivity index (χ3v) is 8.57. The van der Waals surface area contributed by atoms with Crippen molar-refractivity contribution in [2.75, 3.05) is 4.90 Å². The van der Waals surface area contributed by atoms with Crippen LogP contribution in [0.1, 0.15) is 55.1 Å². The second kappa shape index (κ2) is 8.17. The van der Waals surface area contributed by atoms with E-state index in [9.17, 15) is 0 Å². The predicted molar refractivity (Wildman–Crippen MR) is 142 cm³/mol. The van der Waals surface area contributed by atoms with E-state index in [1.807, 2.05) is 0 Å². The van der Waals surface area contributed by atoms with Crippen LogP contribution in [0.3, 0.4) is 0 Å². The Kier molecular flexibility index (Phi) is 4.82. The lowest BCUT2D eigenvalue weighted by Gasteiger charge is -2.38. The van der Waals surface area contributed by atoms with E-state index in [0.29, 0.717) is 0 Å². The third kappa shape index (κ3) is 3.46. The third-order valence-electron chi connectivity index (χ3n) is 8.57. The Hall–Kier alpha value is -3.32. The minimum atomic E-state index is 0.777. The van der Waals surface area contributed by atoms with Gasteiger partial charge in [0, 0.05) is 17.1 Å². The van der Waals surface area contributed by atoms with E-state index in [4.69, 9.17) is 0 Å². The van der Waals surface area contributed by atoms with Gasteiger partial charge in [-0.25, -0.2) is 0 Å². The molecule has 8 rings (SSSR count). The molecular weight excluding hydrogens is 410 g/mol. The van der Waals surface area contributed by atoms with Crippen LogP contribution in [0.4, 0.5) is 17.1 Å². The van der Waals surface area contributed by atoms with Crippen molar-refractivity contribution in [3.05, 3.63) is 114 Å². The Morgan fingerprint density at radius 1 is 0.441 bits per heavy atom. The Labute approximate surface area is 203 Å². The highest BCUT2D eigenvalue weighted by Gasteiger charge is 2.41. The molecule has 2 fully saturated rings. The summed E-state index contributed by atoms with van der Waals surface area (Å²) in [6.45, 7) is 0. The van der Waals surface area contributed by atoms with Crippen LogP contribution in [0.2, 0.25) is 0 Å². The molecule has 4 aromatic rings. The lowest BCUT2D eigenvalue weighted by Crippen LogP contribution is -2.25. The number of hydrogen-bond donors (Lipinski definition) is 0. The van der Waals surface area contributed by atoms with Crippen LogP contribution in [0.25, 0.3) is 11.1 Å². The molecule has 0 aliphatic heterocycles. The zero-order valence-electron chi connectivity index (χ0n) is 19.6. The standard InChI is InChI=1S/C33H31N/c1-3-9-29(10-4-1)34(30-11-5-2-6-12-30)31-13-7-8-25(21-31)26-14-15-32-27-17-23-16-24(18-27)20-28(19-23)33(32)22-26/h1-15,21-24,27-28H,16-20H2. The number of benzene rings is 4. The number of anilines is 3. The van der Waals surface area contributed by atoms with Gasteiger partial charge in [-0.3, -0.25) is 0 Å². The Morgan fingerprint density at radius 3 is 1.65 bits per heavy atom. The molecule has 0 saturated heterocycles. The smallest absolute Gasteiger partial charge is 0.0467 e. The monoisotopic (exact) mass is 441 g/mol. The maximum Gasteiger partial charge on any atom is 0.0467 e. The summed E-state index contributed by atoms with van der Waals surface area (Å²) < 4.78 is 0. The van der Waals surface area contributed by atoms with Crippen LogP contribution in [0.5, 0.6) is 0 Å². The minimum absolute atomic E-state index is 0.777. The average Bonchev–Trinajstić information content (AvgIpc) is 3.06. The molecule has 0 spiro atoms. The molecule has 1 heteroatoms. The minimum Gasteiger partial charge on any atom is -0.310 e. The molecule has 2 unspecified atom stereocenters. The Balaban J connectivity index is 1.30. The molecule has 0 N–H and O–H groups in total. The van der Waals surface area contributed by atoms with Crippen LogP contribution < -0.4 is 4.90 Å². The lowest BCUT2D eigenvalue weighted by atomic mass is 9.67. The maximum absolute atomic E-state index is 2.55. The van der Waals surface area contributed by atoms with Crippen LogP contribution in [0.15, 0.2) is 103 Å². The molecular formula is C33H31N. The Bertz CT molecular complexity index is 1260. The first-order valence-corrected chi connectivity index (χ1v) is 13.0. The first-order valence-electron chi connectivity index (χ1n) is 13.0. The first-order chi connectivity index (χ1) is 16.8. The van der Waals surface area contributed by atoms with Gasteiger partial charge >= 0.3 is 0 Å². The molecule has 4 bridgehead atoms. The highest BCUT2D eigenvalue weighted by Crippen LogP contribution is 2.56. The van der Waals surface area contributed by atoms with Gasteiger partial charge in [0.25, 0.3) is 0 Å². The second-order valence-corrected chi connectivity index (χ2v) is 10.7. The first kappa shape index (κ1) is 20.1. The molecule has 1 nitrogen and oxygen atoms in total. The van der Waals surface area contributed by atoms with Crippen LogP contribution in [-0.4, -0.2) is 0 Å². The number of nitrogens with zero attached hydrogens (tertiary/aromatic N) is 1. The van der Waals surface area contributed by atoms with Crippen molar-refractivity contribution >= 4 is 17.1 Å². The van der Waals surface area contributed by atoms with Crippen molar-refractivity contribution in [2.45, 2.75) is 43.9 Å². The van der Waals surface area contributed by atoms with E-state index in [2.05, 4.69) is 108 Å². The summed E-state index contributed by atoms with van der Waals surface area (Å²) in [5.74, 6) is 3.51. The zero-order valence-corrected chi connectivity index (χ0v) is 19.6. The second-order valence-electron chi connectivity index (χ2n) is 10.7. The van der Waals surface area contributed by atoms with Crippen LogP contribution in [-0.2, 0) is 0 Å². The van der Waals surface area contributed by atoms with E-state index in [1.165, 1.54) is 60.3 Å². The molecule has 0 heterocycles. The van der Waals surface area contributed by atoms with Crippen molar-refractivity contribution in [3.63, 3.8) is 0 Å². The highest BCUT2D eigenvalue weighted by atomic mass is 15.1. The van der Waals surface area contributed by atoms with Crippen LogP contribution in [0, 0.1) is 11.8 Å². The van der Waals surface area contributed by atoms with Gasteiger partial charge in [-0.05, 0) is 114 Å². The Morgan fingerprint density at radius 2 is 1.00 bits per heavy atom. The quantitative estimate of drug-likeness (QED) is 0.305. The van der Waals surface area contributed by atoms with Crippen molar-refractivity contribution in [2.24, 2.45) is 11.8 Å². The van der Waals surface area contributed by atoms with Gasteiger partial charge in [-0.2, -0.15) is 0 Å². The molecule has 2 saturated carbocycles. The summed E-state index contributed by atoms with van der Waals surface area (Å²) in [5, 5.41) is 0. The number of para-hydroxylation sites is 2. The van der Waals surface area contributed by atoms with Gasteiger partial charge in [0.15, 0.2) is 0 Å². The van der Waals surface area contributed by atoms with Crippen molar-refractivity contribution in [1.29, 1.82) is 0 Å². The molecule has 0 radical (unpaired) electrons. The van der Waals surface area contributed by atoms with Gasteiger partial charge in [0.2, 0.25) is 0 Å². The van der Waals surface area contributed by atoms with Crippen LogP contribution >= 0.6 is 0 Å². The largest absolute Gasteiger partial charge is 0.310 e. The lowest BCUT2D eigenvalue weighted by molar-refractivity contribution is 0.166. The molecule has 0 amide bonds. The molecule has 4 aromatic carbocycles. The fourth-order valence-electron chi connectivity index (χ4n) is 7.26. The molecule has 4 aliphatic carbocycles. The van der Waals surface area contributed by atoms with E-state index in [-0.39, 0.29) is 0 Å². The van der Waals surface area contributed by atoms with E-state index >= 15 is 0 Å². The maximum atomic E-state index is 2.55. The normalized spacial score (nSPS) is 24.5. The summed E-state index contributed by atoms with van der Waals surface area (Å²) in [5.41, 5.74) is 9.57. The fourth-order valence-corrected chi connectivity index (χ4v) is 7.26. The van der Waals surface area contributed by atoms with Gasteiger partial charge < -0.3 is 4.90 Å². The van der Waals surface area contributed by atoms with Gasteiger partial charge in [0.05, 0.1) is 0 Å². The molecule has 168 valence electrons. The van der Waals surface area contributed by atoms with Crippen molar-refractivity contribution < 1.29 is 0 Å². The van der Waals surface area contributed by atoms with Gasteiger partial charge in [0.1, 0.15) is 0 Å². The zero-order chi connectivity index (χ0) is 22.5. The summed E-state index contributed by atoms with van der Waals surface area (Å²) in [4.78, 5) is 2.35. The molecule has 34 heavy (non-hydrogen) atoms. The predicted octanol–water partition coefficient (Wildman–Crippen LogP) is 9.21. The van der Waals surface area contributed by atoms with E-state index in [0.717, 1.165) is 23.7 Å². The summed E-state index contributed by atoms with van der Waals surface area (Å²) in [6.07, 6.45) is 7.18. The molecule has 2 atom stereocenters. The molecule has 4 aliphatic rings. The van der Waals surface area contributed by atoms with E-state index < -0.39 is 0 Å². The van der Waals surface area contributed by atoms with Crippen molar-refractivity contribution in [1.82, 2.24) is 0 Å². The summed E-state index contributed by atoms with van der Waals surface area (Å²) >= 11 is 0. The fraction of sp³-hybridized carbons (Fsp3) is 0.273. The summed E-state index contributed by atoms with van der Waals surface area (Å²) in [7, 11) is 0. The number of rotatable bonds is 4. The number of hydrogen-bond acceptors (Lipinski definition) is 1. The molecule has 0 aromatic heterocycles. The average molecular weight is 442 g/mol.